The summed E-state index contributed by atoms with van der Waals surface area (Å²) in [6.07, 6.45) is 0.0905. The Morgan fingerprint density at radius 2 is 1.56 bits per heavy atom. The number of anilines is 1. The zero-order chi connectivity index (χ0) is 18.9. The average molecular weight is 378 g/mol. The SMILES string of the molecule is CC[C@@H](Oc1ccccc1)C(=O)Nc1ccc(CSc2ccccc2)cc1. The van der Waals surface area contributed by atoms with Crippen LogP contribution in [0.3, 0.4) is 0 Å². The molecule has 0 saturated heterocycles. The standard InChI is InChI=1S/C23H23NO2S/c1-2-22(26-20-9-5-3-6-10-20)23(25)24-19-15-13-18(14-16-19)17-27-21-11-7-4-8-12-21/h3-16,22H,2,17H2,1H3,(H,24,25)/t22-/m1/s1. The first-order valence-corrected chi connectivity index (χ1v) is 10.0. The van der Waals surface area contributed by atoms with Crippen molar-refractivity contribution in [3.8, 4) is 5.75 Å². The molecule has 0 aromatic heterocycles. The molecule has 0 aliphatic rings. The number of benzene rings is 3. The van der Waals surface area contributed by atoms with Crippen LogP contribution < -0.4 is 10.1 Å². The number of amides is 1. The molecule has 0 heterocycles. The van der Waals surface area contributed by atoms with Crippen molar-refractivity contribution in [2.45, 2.75) is 30.1 Å². The lowest BCUT2D eigenvalue weighted by molar-refractivity contribution is -0.122. The molecule has 0 bridgehead atoms. The van der Waals surface area contributed by atoms with Crippen molar-refractivity contribution in [3.63, 3.8) is 0 Å². The number of carbonyl (C=O) groups excluding carboxylic acids is 1. The van der Waals surface area contributed by atoms with Gasteiger partial charge in [-0.2, -0.15) is 0 Å². The maximum atomic E-state index is 12.5. The topological polar surface area (TPSA) is 38.3 Å². The second-order valence-electron chi connectivity index (χ2n) is 6.12. The number of para-hydroxylation sites is 1. The molecule has 0 radical (unpaired) electrons. The Morgan fingerprint density at radius 3 is 2.19 bits per heavy atom. The van der Waals surface area contributed by atoms with Crippen LogP contribution in [-0.2, 0) is 10.5 Å². The van der Waals surface area contributed by atoms with Gasteiger partial charge in [0.25, 0.3) is 5.91 Å². The molecule has 1 N–H and O–H groups in total. The van der Waals surface area contributed by atoms with Crippen LogP contribution >= 0.6 is 11.8 Å². The summed E-state index contributed by atoms with van der Waals surface area (Å²) in [6.45, 7) is 1.94. The molecule has 0 aliphatic heterocycles. The van der Waals surface area contributed by atoms with Crippen molar-refractivity contribution in [3.05, 3.63) is 90.5 Å². The van der Waals surface area contributed by atoms with Crippen LogP contribution in [0.25, 0.3) is 0 Å². The monoisotopic (exact) mass is 377 g/mol. The zero-order valence-corrected chi connectivity index (χ0v) is 16.1. The number of thioether (sulfide) groups is 1. The molecule has 27 heavy (non-hydrogen) atoms. The van der Waals surface area contributed by atoms with Crippen molar-refractivity contribution in [2.24, 2.45) is 0 Å². The molecule has 3 rings (SSSR count). The molecule has 4 heteroatoms. The number of carbonyl (C=O) groups is 1. The molecule has 1 atom stereocenters. The second kappa shape index (κ2) is 9.83. The van der Waals surface area contributed by atoms with Gasteiger partial charge in [0, 0.05) is 16.3 Å². The zero-order valence-electron chi connectivity index (χ0n) is 15.3. The van der Waals surface area contributed by atoms with E-state index in [0.29, 0.717) is 12.2 Å². The van der Waals surface area contributed by atoms with Crippen molar-refractivity contribution in [1.29, 1.82) is 0 Å². The van der Waals surface area contributed by atoms with E-state index in [1.807, 2.05) is 79.7 Å². The highest BCUT2D eigenvalue weighted by atomic mass is 32.2. The fourth-order valence-corrected chi connectivity index (χ4v) is 3.45. The lowest BCUT2D eigenvalue weighted by Gasteiger charge is -2.17. The lowest BCUT2D eigenvalue weighted by Crippen LogP contribution is -2.32. The predicted octanol–water partition coefficient (Wildman–Crippen LogP) is 5.78. The fourth-order valence-electron chi connectivity index (χ4n) is 2.58. The summed E-state index contributed by atoms with van der Waals surface area (Å²) in [6, 6.07) is 27.7. The summed E-state index contributed by atoms with van der Waals surface area (Å²) >= 11 is 1.80. The van der Waals surface area contributed by atoms with E-state index in [1.54, 1.807) is 11.8 Å². The van der Waals surface area contributed by atoms with Crippen LogP contribution in [-0.4, -0.2) is 12.0 Å². The van der Waals surface area contributed by atoms with Gasteiger partial charge in [0.15, 0.2) is 6.10 Å². The van der Waals surface area contributed by atoms with E-state index in [2.05, 4.69) is 17.4 Å². The third-order valence-electron chi connectivity index (χ3n) is 4.05. The van der Waals surface area contributed by atoms with Gasteiger partial charge in [-0.3, -0.25) is 4.79 Å². The van der Waals surface area contributed by atoms with Gasteiger partial charge >= 0.3 is 0 Å². The Bertz CT molecular complexity index is 835. The first kappa shape index (κ1) is 19.1. The van der Waals surface area contributed by atoms with Crippen molar-refractivity contribution < 1.29 is 9.53 Å². The van der Waals surface area contributed by atoms with Gasteiger partial charge in [-0.25, -0.2) is 0 Å². The number of hydrogen-bond donors (Lipinski definition) is 1. The summed E-state index contributed by atoms with van der Waals surface area (Å²) in [4.78, 5) is 13.8. The Labute approximate surface area is 164 Å². The van der Waals surface area contributed by atoms with E-state index in [0.717, 1.165) is 11.4 Å². The van der Waals surface area contributed by atoms with Gasteiger partial charge in [0.05, 0.1) is 0 Å². The largest absolute Gasteiger partial charge is 0.481 e. The van der Waals surface area contributed by atoms with Crippen LogP contribution in [0.4, 0.5) is 5.69 Å². The molecule has 0 fully saturated rings. The molecule has 138 valence electrons. The van der Waals surface area contributed by atoms with Gasteiger partial charge in [-0.15, -0.1) is 11.8 Å². The van der Waals surface area contributed by atoms with E-state index in [1.165, 1.54) is 10.5 Å². The smallest absolute Gasteiger partial charge is 0.265 e. The summed E-state index contributed by atoms with van der Waals surface area (Å²) in [5.41, 5.74) is 2.00. The summed E-state index contributed by atoms with van der Waals surface area (Å²) in [7, 11) is 0. The highest BCUT2D eigenvalue weighted by molar-refractivity contribution is 7.98. The van der Waals surface area contributed by atoms with Crippen molar-refractivity contribution in [1.82, 2.24) is 0 Å². The van der Waals surface area contributed by atoms with Crippen LogP contribution in [0, 0.1) is 0 Å². The van der Waals surface area contributed by atoms with Gasteiger partial charge in [-0.05, 0) is 48.4 Å². The first-order chi connectivity index (χ1) is 13.2. The Morgan fingerprint density at radius 1 is 0.926 bits per heavy atom. The summed E-state index contributed by atoms with van der Waals surface area (Å²) in [5, 5.41) is 2.94. The van der Waals surface area contributed by atoms with Crippen LogP contribution in [0.5, 0.6) is 5.75 Å². The minimum atomic E-state index is -0.513. The number of hydrogen-bond acceptors (Lipinski definition) is 3. The highest BCUT2D eigenvalue weighted by Gasteiger charge is 2.18. The highest BCUT2D eigenvalue weighted by Crippen LogP contribution is 2.23. The number of ether oxygens (including phenoxy) is 1. The normalized spacial score (nSPS) is 11.6. The van der Waals surface area contributed by atoms with Gasteiger partial charge in [0.2, 0.25) is 0 Å². The summed E-state index contributed by atoms with van der Waals surface area (Å²) in [5.74, 6) is 1.47. The molecular weight excluding hydrogens is 354 g/mol. The van der Waals surface area contributed by atoms with Gasteiger partial charge < -0.3 is 10.1 Å². The van der Waals surface area contributed by atoms with E-state index >= 15 is 0 Å². The maximum absolute atomic E-state index is 12.5. The molecule has 3 aromatic carbocycles. The molecule has 0 unspecified atom stereocenters. The maximum Gasteiger partial charge on any atom is 0.265 e. The summed E-state index contributed by atoms with van der Waals surface area (Å²) < 4.78 is 5.79. The molecular formula is C23H23NO2S. The molecule has 1 amide bonds. The van der Waals surface area contributed by atoms with E-state index in [-0.39, 0.29) is 5.91 Å². The Hall–Kier alpha value is -2.72. The first-order valence-electron chi connectivity index (χ1n) is 9.04. The fraction of sp³-hybridized carbons (Fsp3) is 0.174. The third-order valence-corrected chi connectivity index (χ3v) is 5.14. The molecule has 0 spiro atoms. The van der Waals surface area contributed by atoms with Crippen LogP contribution in [0.1, 0.15) is 18.9 Å². The van der Waals surface area contributed by atoms with E-state index in [4.69, 9.17) is 4.74 Å². The minimum absolute atomic E-state index is 0.132. The predicted molar refractivity (Wildman–Crippen MR) is 112 cm³/mol. The Kier molecular flexibility index (Phi) is 6.94. The van der Waals surface area contributed by atoms with Gasteiger partial charge in [0.1, 0.15) is 5.75 Å². The molecule has 0 aliphatic carbocycles. The Balaban J connectivity index is 1.54. The van der Waals surface area contributed by atoms with Crippen LogP contribution in [0.2, 0.25) is 0 Å². The number of rotatable bonds is 8. The lowest BCUT2D eigenvalue weighted by atomic mass is 10.2. The van der Waals surface area contributed by atoms with Crippen LogP contribution in [0.15, 0.2) is 89.8 Å². The molecule has 3 aromatic rings. The minimum Gasteiger partial charge on any atom is -0.481 e. The van der Waals surface area contributed by atoms with Crippen molar-refractivity contribution >= 4 is 23.4 Å². The van der Waals surface area contributed by atoms with Gasteiger partial charge in [-0.1, -0.05) is 55.5 Å². The average Bonchev–Trinajstić information content (AvgIpc) is 2.73. The van der Waals surface area contributed by atoms with E-state index in [9.17, 15) is 4.79 Å². The third kappa shape index (κ3) is 5.90. The number of nitrogens with one attached hydrogen (secondary N) is 1. The molecule has 3 nitrogen and oxygen atoms in total. The second-order valence-corrected chi connectivity index (χ2v) is 7.16. The quantitative estimate of drug-likeness (QED) is 0.506. The van der Waals surface area contributed by atoms with E-state index < -0.39 is 6.10 Å². The van der Waals surface area contributed by atoms with Crippen molar-refractivity contribution in [2.75, 3.05) is 5.32 Å². The molecule has 0 saturated carbocycles.